The molecule has 0 heterocycles. The predicted molar refractivity (Wildman–Crippen MR) is 139 cm³/mol. The topological polar surface area (TPSA) is 17.1 Å². The maximum absolute atomic E-state index is 13.5. The van der Waals surface area contributed by atoms with Crippen LogP contribution in [0.2, 0.25) is 0 Å². The summed E-state index contributed by atoms with van der Waals surface area (Å²) in [5.41, 5.74) is 1.02. The Hall–Kier alpha value is -2.80. The Morgan fingerprint density at radius 3 is 1.35 bits per heavy atom. The molecule has 0 spiro atoms. The number of benzene rings is 4. The SMILES string of the molecule is O=C(/C=C/c1ccccc1)CP(Br)(c1ccccc1)(c1ccccc1)c1ccccc1. The van der Waals surface area contributed by atoms with Gasteiger partial charge in [0.2, 0.25) is 0 Å². The monoisotopic (exact) mass is 486 g/mol. The van der Waals surface area contributed by atoms with Crippen LogP contribution in [-0.4, -0.2) is 11.9 Å². The number of hydrogen-bond donors (Lipinski definition) is 0. The first kappa shape index (κ1) is 21.4. The maximum atomic E-state index is 13.5. The quantitative estimate of drug-likeness (QED) is 0.227. The van der Waals surface area contributed by atoms with E-state index in [1.54, 1.807) is 6.08 Å². The fraction of sp³-hybridized carbons (Fsp3) is 0.0357. The second-order valence-corrected chi connectivity index (χ2v) is 16.5. The molecule has 0 saturated carbocycles. The van der Waals surface area contributed by atoms with E-state index in [0.29, 0.717) is 6.16 Å². The molecule has 0 bridgehead atoms. The van der Waals surface area contributed by atoms with Crippen LogP contribution >= 0.6 is 20.8 Å². The Morgan fingerprint density at radius 1 is 0.613 bits per heavy atom. The fourth-order valence-corrected chi connectivity index (χ4v) is 11.4. The molecule has 3 heteroatoms. The first-order valence-corrected chi connectivity index (χ1v) is 14.7. The van der Waals surface area contributed by atoms with Gasteiger partial charge >= 0.3 is 192 Å². The second-order valence-electron chi connectivity index (χ2n) is 7.56. The summed E-state index contributed by atoms with van der Waals surface area (Å²) in [7, 11) is 0. The Kier molecular flexibility index (Phi) is 6.32. The van der Waals surface area contributed by atoms with Crippen molar-refractivity contribution in [2.45, 2.75) is 0 Å². The molecule has 0 atom stereocenters. The second kappa shape index (κ2) is 9.14. The molecule has 0 radical (unpaired) electrons. The minimum atomic E-state index is -3.23. The van der Waals surface area contributed by atoms with Crippen molar-refractivity contribution in [3.05, 3.63) is 133 Å². The van der Waals surface area contributed by atoms with Crippen LogP contribution in [0.25, 0.3) is 6.08 Å². The molecule has 0 aliphatic heterocycles. The summed E-state index contributed by atoms with van der Waals surface area (Å²) in [6.45, 7) is 0. The Labute approximate surface area is 192 Å². The van der Waals surface area contributed by atoms with E-state index in [2.05, 4.69) is 51.9 Å². The molecule has 4 rings (SSSR count). The molecule has 0 aliphatic carbocycles. The van der Waals surface area contributed by atoms with E-state index in [1.165, 1.54) is 0 Å². The molecule has 0 aromatic heterocycles. The molecule has 0 amide bonds. The van der Waals surface area contributed by atoms with Gasteiger partial charge in [-0.3, -0.25) is 0 Å². The van der Waals surface area contributed by atoms with Crippen LogP contribution in [-0.2, 0) is 4.79 Å². The standard InChI is InChI=1S/C28H24BrOP/c29-31(26-15-7-2-8-16-26,27-17-9-3-10-18-27,28-19-11-4-12-20-28)23-25(30)22-21-24-13-5-1-6-14-24/h1-22H,23H2/b22-21+. The van der Waals surface area contributed by atoms with E-state index in [4.69, 9.17) is 0 Å². The van der Waals surface area contributed by atoms with Crippen LogP contribution in [0.4, 0.5) is 0 Å². The number of allylic oxidation sites excluding steroid dienone is 1. The summed E-state index contributed by atoms with van der Waals surface area (Å²) in [4.78, 5) is 13.5. The van der Waals surface area contributed by atoms with E-state index in [9.17, 15) is 4.79 Å². The third-order valence-electron chi connectivity index (χ3n) is 5.60. The fourth-order valence-electron chi connectivity index (χ4n) is 4.04. The molecular formula is C28H24BrOP. The molecule has 0 N–H and O–H groups in total. The van der Waals surface area contributed by atoms with E-state index >= 15 is 0 Å². The van der Waals surface area contributed by atoms with Crippen molar-refractivity contribution < 1.29 is 4.79 Å². The molecular weight excluding hydrogens is 463 g/mol. The van der Waals surface area contributed by atoms with Gasteiger partial charge in [0.05, 0.1) is 0 Å². The van der Waals surface area contributed by atoms with Crippen molar-refractivity contribution in [3.8, 4) is 0 Å². The summed E-state index contributed by atoms with van der Waals surface area (Å²) in [6.07, 6.45) is 3.98. The number of ketones is 1. The van der Waals surface area contributed by atoms with Gasteiger partial charge in [-0.05, 0) is 0 Å². The average molecular weight is 487 g/mol. The van der Waals surface area contributed by atoms with Crippen LogP contribution in [0.5, 0.6) is 0 Å². The van der Waals surface area contributed by atoms with Crippen molar-refractivity contribution in [1.82, 2.24) is 0 Å². The Morgan fingerprint density at radius 2 is 0.968 bits per heavy atom. The molecule has 0 aliphatic rings. The van der Waals surface area contributed by atoms with Crippen molar-refractivity contribution in [1.29, 1.82) is 0 Å². The van der Waals surface area contributed by atoms with Crippen molar-refractivity contribution >= 4 is 48.6 Å². The Bertz CT molecular complexity index is 1070. The number of rotatable bonds is 7. The summed E-state index contributed by atoms with van der Waals surface area (Å²) in [6, 6.07) is 41.1. The van der Waals surface area contributed by atoms with Crippen LogP contribution in [0.15, 0.2) is 127 Å². The number of carbonyl (C=O) groups excluding carboxylic acids is 1. The molecule has 1 nitrogen and oxygen atoms in total. The van der Waals surface area contributed by atoms with Crippen LogP contribution < -0.4 is 15.9 Å². The van der Waals surface area contributed by atoms with Gasteiger partial charge in [0, 0.05) is 0 Å². The third kappa shape index (κ3) is 4.19. The number of hydrogen-bond acceptors (Lipinski definition) is 1. The summed E-state index contributed by atoms with van der Waals surface area (Å²) < 4.78 is 0. The first-order valence-electron chi connectivity index (χ1n) is 10.3. The Balaban J connectivity index is 1.90. The zero-order valence-electron chi connectivity index (χ0n) is 17.1. The molecule has 4 aromatic carbocycles. The van der Waals surface area contributed by atoms with Gasteiger partial charge in [0.15, 0.2) is 0 Å². The van der Waals surface area contributed by atoms with E-state index in [-0.39, 0.29) is 5.78 Å². The molecule has 0 unspecified atom stereocenters. The first-order chi connectivity index (χ1) is 15.1. The van der Waals surface area contributed by atoms with Gasteiger partial charge in [-0.15, -0.1) is 0 Å². The van der Waals surface area contributed by atoms with Gasteiger partial charge in [-0.1, -0.05) is 0 Å². The molecule has 0 fully saturated rings. The normalized spacial score (nSPS) is 12.9. The van der Waals surface area contributed by atoms with Gasteiger partial charge < -0.3 is 0 Å². The van der Waals surface area contributed by atoms with Crippen molar-refractivity contribution in [3.63, 3.8) is 0 Å². The van der Waals surface area contributed by atoms with E-state index in [1.807, 2.05) is 91.0 Å². The summed E-state index contributed by atoms with van der Waals surface area (Å²) in [5.74, 6) is 0.0925. The van der Waals surface area contributed by atoms with E-state index in [0.717, 1.165) is 21.5 Å². The van der Waals surface area contributed by atoms with Crippen LogP contribution in [0.1, 0.15) is 5.56 Å². The van der Waals surface area contributed by atoms with Gasteiger partial charge in [-0.25, -0.2) is 0 Å². The van der Waals surface area contributed by atoms with Crippen LogP contribution in [0.3, 0.4) is 0 Å². The van der Waals surface area contributed by atoms with Gasteiger partial charge in [-0.2, -0.15) is 0 Å². The molecule has 154 valence electrons. The third-order valence-corrected chi connectivity index (χ3v) is 15.1. The van der Waals surface area contributed by atoms with Gasteiger partial charge in [0.1, 0.15) is 0 Å². The zero-order chi connectivity index (χ0) is 21.6. The van der Waals surface area contributed by atoms with E-state index < -0.39 is 5.31 Å². The molecule has 31 heavy (non-hydrogen) atoms. The van der Waals surface area contributed by atoms with Gasteiger partial charge in [0.25, 0.3) is 0 Å². The predicted octanol–water partition coefficient (Wildman–Crippen LogP) is 6.11. The summed E-state index contributed by atoms with van der Waals surface area (Å²) >= 11 is 4.32. The number of carbonyl (C=O) groups is 1. The molecule has 0 saturated heterocycles. The minimum absolute atomic E-state index is 0.0925. The molecule has 4 aromatic rings. The number of halogens is 1. The van der Waals surface area contributed by atoms with Crippen molar-refractivity contribution in [2.24, 2.45) is 0 Å². The average Bonchev–Trinajstić information content (AvgIpc) is 2.85. The van der Waals surface area contributed by atoms with Crippen molar-refractivity contribution in [2.75, 3.05) is 6.16 Å². The zero-order valence-corrected chi connectivity index (χ0v) is 19.6. The summed E-state index contributed by atoms with van der Waals surface area (Å²) in [5, 5.41) is 0.207. The van der Waals surface area contributed by atoms with Crippen LogP contribution in [0, 0.1) is 0 Å².